The lowest BCUT2D eigenvalue weighted by Crippen LogP contribution is -2.31. The number of aliphatic carboxylic acids is 1. The predicted molar refractivity (Wildman–Crippen MR) is 107 cm³/mol. The van der Waals surface area contributed by atoms with Crippen LogP contribution in [0.4, 0.5) is 5.69 Å². The number of carbonyl (C=O) groups excluding carboxylic acids is 1. The maximum atomic E-state index is 12.2. The molecule has 2 aromatic carbocycles. The number of hydrogen-bond donors (Lipinski definition) is 2. The van der Waals surface area contributed by atoms with Crippen LogP contribution in [0.1, 0.15) is 19.8 Å². The van der Waals surface area contributed by atoms with E-state index in [0.717, 1.165) is 16.7 Å². The third-order valence-corrected chi connectivity index (χ3v) is 4.92. The number of benzene rings is 2. The van der Waals surface area contributed by atoms with Gasteiger partial charge in [0.1, 0.15) is 22.7 Å². The Balaban J connectivity index is 1.49. The van der Waals surface area contributed by atoms with E-state index in [9.17, 15) is 14.7 Å². The number of pyridine rings is 1. The summed E-state index contributed by atoms with van der Waals surface area (Å²) in [6.45, 7) is 2.51. The summed E-state index contributed by atoms with van der Waals surface area (Å²) in [5.74, 6) is 0.428. The Labute approximate surface area is 167 Å². The molecule has 0 aliphatic heterocycles. The summed E-state index contributed by atoms with van der Waals surface area (Å²) in [5.41, 5.74) is 0.0161. The van der Waals surface area contributed by atoms with E-state index in [1.54, 1.807) is 36.5 Å². The molecule has 148 valence electrons. The molecule has 1 saturated carbocycles. The number of hydrogen-bond acceptors (Lipinski definition) is 5. The lowest BCUT2D eigenvalue weighted by Gasteiger charge is -2.12. The van der Waals surface area contributed by atoms with Crippen LogP contribution in [0.15, 0.2) is 54.7 Å². The van der Waals surface area contributed by atoms with E-state index in [1.807, 2.05) is 25.1 Å². The number of carboxylic acids is 1. The van der Waals surface area contributed by atoms with Gasteiger partial charge in [-0.1, -0.05) is 0 Å². The highest BCUT2D eigenvalue weighted by molar-refractivity contribution is 6.10. The fraction of sp³-hybridized carbons (Fsp3) is 0.227. The number of anilines is 1. The molecule has 29 heavy (non-hydrogen) atoms. The van der Waals surface area contributed by atoms with E-state index in [-0.39, 0.29) is 0 Å². The van der Waals surface area contributed by atoms with Crippen LogP contribution in [0.3, 0.4) is 0 Å². The van der Waals surface area contributed by atoms with Crippen molar-refractivity contribution in [1.29, 1.82) is 0 Å². The Morgan fingerprint density at radius 2 is 1.83 bits per heavy atom. The molecule has 4 rings (SSSR count). The standard InChI is InChI=1S/C22H20N2O5/c1-2-28-16-7-8-17-18(13-16)23-12-9-19(17)29-15-5-3-14(4-6-15)24-20(25)22(10-11-22)21(26)27/h3-9,12-13H,2,10-11H2,1H3,(H,24,25)(H,26,27). The molecule has 1 aliphatic rings. The molecule has 1 aliphatic carbocycles. The first-order valence-electron chi connectivity index (χ1n) is 9.36. The van der Waals surface area contributed by atoms with Crippen molar-refractivity contribution in [2.75, 3.05) is 11.9 Å². The number of carboxylic acid groups (broad SMARTS) is 1. The molecule has 0 bridgehead atoms. The molecule has 1 amide bonds. The fourth-order valence-electron chi connectivity index (χ4n) is 3.09. The zero-order valence-electron chi connectivity index (χ0n) is 15.8. The topological polar surface area (TPSA) is 97.8 Å². The first-order valence-corrected chi connectivity index (χ1v) is 9.36. The number of nitrogens with one attached hydrogen (secondary N) is 1. The Kier molecular flexibility index (Phi) is 4.80. The van der Waals surface area contributed by atoms with Crippen LogP contribution in [0, 0.1) is 5.41 Å². The number of rotatable bonds is 7. The van der Waals surface area contributed by atoms with Crippen LogP contribution in [0.2, 0.25) is 0 Å². The summed E-state index contributed by atoms with van der Waals surface area (Å²) in [4.78, 5) is 27.8. The number of nitrogens with zero attached hydrogens (tertiary/aromatic N) is 1. The monoisotopic (exact) mass is 392 g/mol. The van der Waals surface area contributed by atoms with Crippen LogP contribution in [-0.4, -0.2) is 28.6 Å². The van der Waals surface area contributed by atoms with Crippen molar-refractivity contribution in [2.45, 2.75) is 19.8 Å². The van der Waals surface area contributed by atoms with Gasteiger partial charge in [-0.25, -0.2) is 0 Å². The maximum absolute atomic E-state index is 12.2. The summed E-state index contributed by atoms with van der Waals surface area (Å²) in [5, 5.41) is 12.7. The fourth-order valence-corrected chi connectivity index (χ4v) is 3.09. The quantitative estimate of drug-likeness (QED) is 0.584. The van der Waals surface area contributed by atoms with Gasteiger partial charge in [0.15, 0.2) is 0 Å². The zero-order valence-corrected chi connectivity index (χ0v) is 15.8. The molecule has 2 N–H and O–H groups in total. The third kappa shape index (κ3) is 3.71. The minimum absolute atomic E-state index is 0.371. The Hall–Kier alpha value is -3.61. The summed E-state index contributed by atoms with van der Waals surface area (Å²) < 4.78 is 11.5. The Bertz CT molecular complexity index is 1070. The molecule has 7 heteroatoms. The lowest BCUT2D eigenvalue weighted by atomic mass is 10.1. The Morgan fingerprint density at radius 3 is 2.48 bits per heavy atom. The number of fused-ring (bicyclic) bond motifs is 1. The predicted octanol–water partition coefficient (Wildman–Crippen LogP) is 4.23. The molecule has 0 saturated heterocycles. The van der Waals surface area contributed by atoms with Crippen LogP contribution < -0.4 is 14.8 Å². The molecule has 1 fully saturated rings. The number of aromatic nitrogens is 1. The second-order valence-electron chi connectivity index (χ2n) is 6.89. The minimum Gasteiger partial charge on any atom is -0.494 e. The smallest absolute Gasteiger partial charge is 0.319 e. The van der Waals surface area contributed by atoms with E-state index >= 15 is 0 Å². The van der Waals surface area contributed by atoms with Crippen LogP contribution in [-0.2, 0) is 9.59 Å². The average molecular weight is 392 g/mol. The van der Waals surface area contributed by atoms with Crippen molar-refractivity contribution in [3.05, 3.63) is 54.7 Å². The molecular formula is C22H20N2O5. The maximum Gasteiger partial charge on any atom is 0.319 e. The molecule has 0 spiro atoms. The van der Waals surface area contributed by atoms with Crippen molar-refractivity contribution in [1.82, 2.24) is 4.98 Å². The van der Waals surface area contributed by atoms with E-state index in [2.05, 4.69) is 10.3 Å². The summed E-state index contributed by atoms with van der Waals surface area (Å²) in [6, 6.07) is 14.2. The van der Waals surface area contributed by atoms with Crippen molar-refractivity contribution in [3.63, 3.8) is 0 Å². The molecular weight excluding hydrogens is 372 g/mol. The highest BCUT2D eigenvalue weighted by atomic mass is 16.5. The van der Waals surface area contributed by atoms with Crippen molar-refractivity contribution in [2.24, 2.45) is 5.41 Å². The third-order valence-electron chi connectivity index (χ3n) is 4.92. The van der Waals surface area contributed by atoms with Crippen LogP contribution >= 0.6 is 0 Å². The van der Waals surface area contributed by atoms with Crippen LogP contribution in [0.5, 0.6) is 17.2 Å². The van der Waals surface area contributed by atoms with Gasteiger partial charge in [-0.05, 0) is 62.2 Å². The Morgan fingerprint density at radius 1 is 1.10 bits per heavy atom. The van der Waals surface area contributed by atoms with E-state index < -0.39 is 17.3 Å². The second-order valence-corrected chi connectivity index (χ2v) is 6.89. The highest BCUT2D eigenvalue weighted by Gasteiger charge is 2.57. The molecule has 3 aromatic rings. The van der Waals surface area contributed by atoms with Gasteiger partial charge in [0, 0.05) is 23.3 Å². The van der Waals surface area contributed by atoms with Gasteiger partial charge in [-0.3, -0.25) is 14.6 Å². The molecule has 1 aromatic heterocycles. The van der Waals surface area contributed by atoms with Gasteiger partial charge in [0.05, 0.1) is 12.1 Å². The minimum atomic E-state index is -1.27. The normalized spacial score (nSPS) is 14.2. The zero-order chi connectivity index (χ0) is 20.4. The van der Waals surface area contributed by atoms with Crippen molar-refractivity contribution < 1.29 is 24.2 Å². The summed E-state index contributed by atoms with van der Waals surface area (Å²) in [6.07, 6.45) is 2.41. The van der Waals surface area contributed by atoms with Crippen LogP contribution in [0.25, 0.3) is 10.9 Å². The molecule has 1 heterocycles. The lowest BCUT2D eigenvalue weighted by molar-refractivity contribution is -0.147. The van der Waals surface area contributed by atoms with Gasteiger partial charge >= 0.3 is 5.97 Å². The molecule has 0 atom stereocenters. The average Bonchev–Trinajstić information content (AvgIpc) is 3.52. The van der Waals surface area contributed by atoms with Gasteiger partial charge in [0.25, 0.3) is 0 Å². The van der Waals surface area contributed by atoms with E-state index in [0.29, 0.717) is 36.6 Å². The second kappa shape index (κ2) is 7.43. The molecule has 7 nitrogen and oxygen atoms in total. The first kappa shape index (κ1) is 18.7. The van der Waals surface area contributed by atoms with Crippen molar-refractivity contribution >= 4 is 28.5 Å². The molecule has 0 radical (unpaired) electrons. The molecule has 0 unspecified atom stereocenters. The summed E-state index contributed by atoms with van der Waals surface area (Å²) >= 11 is 0. The van der Waals surface area contributed by atoms with E-state index in [1.165, 1.54) is 0 Å². The summed E-state index contributed by atoms with van der Waals surface area (Å²) in [7, 11) is 0. The van der Waals surface area contributed by atoms with Gasteiger partial charge in [0.2, 0.25) is 5.91 Å². The van der Waals surface area contributed by atoms with Gasteiger partial charge in [-0.15, -0.1) is 0 Å². The highest BCUT2D eigenvalue weighted by Crippen LogP contribution is 2.46. The number of carbonyl (C=O) groups is 2. The first-order chi connectivity index (χ1) is 14.0. The largest absolute Gasteiger partial charge is 0.494 e. The number of ether oxygens (including phenoxy) is 2. The van der Waals surface area contributed by atoms with Gasteiger partial charge in [-0.2, -0.15) is 0 Å². The number of amides is 1. The SMILES string of the molecule is CCOc1ccc2c(Oc3ccc(NC(=O)C4(C(=O)O)CC4)cc3)ccnc2c1. The van der Waals surface area contributed by atoms with Crippen molar-refractivity contribution in [3.8, 4) is 17.2 Å². The van der Waals surface area contributed by atoms with Gasteiger partial charge < -0.3 is 19.9 Å². The van der Waals surface area contributed by atoms with E-state index in [4.69, 9.17) is 9.47 Å².